The highest BCUT2D eigenvalue weighted by Gasteiger charge is 2.46. The Hall–Kier alpha value is -1.95. The zero-order valence-corrected chi connectivity index (χ0v) is 13.9. The number of amides is 1. The number of hydrogen-bond acceptors (Lipinski definition) is 4. The van der Waals surface area contributed by atoms with E-state index in [0.29, 0.717) is 5.56 Å². The number of likely N-dealkylation sites (N-methyl/N-ethyl adjacent to an activating group) is 1. The van der Waals surface area contributed by atoms with Gasteiger partial charge >= 0.3 is 5.97 Å². The van der Waals surface area contributed by atoms with Crippen molar-refractivity contribution in [2.45, 2.75) is 39.1 Å². The summed E-state index contributed by atoms with van der Waals surface area (Å²) in [5, 5.41) is 3.10. The lowest BCUT2D eigenvalue weighted by Crippen LogP contribution is -2.48. The van der Waals surface area contributed by atoms with E-state index in [-0.39, 0.29) is 17.5 Å². The van der Waals surface area contributed by atoms with Gasteiger partial charge in [0, 0.05) is 7.05 Å². The van der Waals surface area contributed by atoms with Gasteiger partial charge in [0.2, 0.25) is 5.91 Å². The minimum absolute atomic E-state index is 0.219. The summed E-state index contributed by atoms with van der Waals surface area (Å²) >= 11 is 0. The van der Waals surface area contributed by atoms with Crippen LogP contribution >= 0.6 is 0 Å². The van der Waals surface area contributed by atoms with Crippen LogP contribution in [0.1, 0.15) is 31.1 Å². The Balaban J connectivity index is 2.12. The van der Waals surface area contributed by atoms with E-state index in [9.17, 15) is 14.0 Å². The number of ether oxygens (including phenoxy) is 1. The molecule has 0 radical (unpaired) electrons. The summed E-state index contributed by atoms with van der Waals surface area (Å²) in [6.45, 7) is 5.03. The van der Waals surface area contributed by atoms with E-state index in [1.807, 2.05) is 20.8 Å². The van der Waals surface area contributed by atoms with Crippen molar-refractivity contribution in [3.8, 4) is 0 Å². The van der Waals surface area contributed by atoms with Gasteiger partial charge < -0.3 is 9.64 Å². The summed E-state index contributed by atoms with van der Waals surface area (Å²) in [4.78, 5) is 26.0. The number of carbonyl (C=O) groups is 2. The summed E-state index contributed by atoms with van der Waals surface area (Å²) < 4.78 is 18.6. The molecule has 1 heterocycles. The van der Waals surface area contributed by atoms with Gasteiger partial charge in [0.1, 0.15) is 12.7 Å². The summed E-state index contributed by atoms with van der Waals surface area (Å²) in [6, 6.07) is 7.47. The highest BCUT2D eigenvalue weighted by molar-refractivity contribution is 5.90. The lowest BCUT2D eigenvalue weighted by molar-refractivity contribution is -0.131. The zero-order chi connectivity index (χ0) is 17.2. The molecule has 1 saturated heterocycles. The van der Waals surface area contributed by atoms with Gasteiger partial charge in [-0.3, -0.25) is 10.1 Å². The average Bonchev–Trinajstić information content (AvgIpc) is 2.81. The Labute approximate surface area is 135 Å². The molecule has 1 aromatic carbocycles. The smallest absolute Gasteiger partial charge is 0.338 e. The number of nitrogens with zero attached hydrogens (tertiary/aromatic N) is 1. The van der Waals surface area contributed by atoms with Crippen molar-refractivity contribution in [2.24, 2.45) is 5.41 Å². The standard InChI is InChI=1S/C17H23FN2O3/c1-17(2,3)16-19-13(14(21)20(16)4)12(10-18)23-15(22)11-8-6-5-7-9-11/h5-9,12-13,16,19H,10H2,1-4H3/t12-,13+,16-/m1/s1. The first-order valence-corrected chi connectivity index (χ1v) is 7.60. The fraction of sp³-hybridized carbons (Fsp3) is 0.529. The number of benzene rings is 1. The van der Waals surface area contributed by atoms with Crippen LogP contribution in [0.2, 0.25) is 0 Å². The highest BCUT2D eigenvalue weighted by Crippen LogP contribution is 2.28. The third kappa shape index (κ3) is 3.69. The molecule has 1 aliphatic rings. The van der Waals surface area contributed by atoms with Crippen LogP contribution < -0.4 is 5.32 Å². The quantitative estimate of drug-likeness (QED) is 0.861. The summed E-state index contributed by atoms with van der Waals surface area (Å²) in [5.41, 5.74) is 0.112. The molecule has 6 heteroatoms. The van der Waals surface area contributed by atoms with Crippen LogP contribution in [0.3, 0.4) is 0 Å². The normalized spacial score (nSPS) is 23.0. The fourth-order valence-corrected chi connectivity index (χ4v) is 2.77. The van der Waals surface area contributed by atoms with Crippen molar-refractivity contribution in [3.63, 3.8) is 0 Å². The van der Waals surface area contributed by atoms with Gasteiger partial charge in [-0.2, -0.15) is 0 Å². The number of hydrogen-bond donors (Lipinski definition) is 1. The Morgan fingerprint density at radius 3 is 2.43 bits per heavy atom. The van der Waals surface area contributed by atoms with Crippen LogP contribution in [0.15, 0.2) is 30.3 Å². The molecule has 0 aromatic heterocycles. The first kappa shape index (κ1) is 17.4. The predicted molar refractivity (Wildman–Crippen MR) is 84.6 cm³/mol. The van der Waals surface area contributed by atoms with E-state index in [4.69, 9.17) is 4.74 Å². The van der Waals surface area contributed by atoms with Gasteiger partial charge in [-0.25, -0.2) is 9.18 Å². The minimum Gasteiger partial charge on any atom is -0.454 e. The first-order chi connectivity index (χ1) is 10.8. The predicted octanol–water partition coefficient (Wildman–Crippen LogP) is 1.98. The molecular weight excluding hydrogens is 299 g/mol. The number of carbonyl (C=O) groups excluding carboxylic acids is 2. The monoisotopic (exact) mass is 322 g/mol. The number of halogens is 1. The molecule has 0 unspecified atom stereocenters. The molecule has 2 rings (SSSR count). The Morgan fingerprint density at radius 2 is 1.96 bits per heavy atom. The lowest BCUT2D eigenvalue weighted by atomic mass is 9.92. The molecule has 3 atom stereocenters. The topological polar surface area (TPSA) is 58.6 Å². The summed E-state index contributed by atoms with van der Waals surface area (Å²) in [7, 11) is 1.67. The van der Waals surface area contributed by atoms with Gasteiger partial charge in [0.15, 0.2) is 6.10 Å². The van der Waals surface area contributed by atoms with E-state index in [0.717, 1.165) is 0 Å². The van der Waals surface area contributed by atoms with Crippen LogP contribution in [0.5, 0.6) is 0 Å². The molecule has 1 N–H and O–H groups in total. The van der Waals surface area contributed by atoms with E-state index in [1.165, 1.54) is 0 Å². The molecule has 0 bridgehead atoms. The van der Waals surface area contributed by atoms with Crippen LogP contribution in [0.4, 0.5) is 4.39 Å². The SMILES string of the molecule is CN1C(=O)[C@H]([C@@H](CF)OC(=O)c2ccccc2)N[C@H]1C(C)(C)C. The maximum absolute atomic E-state index is 13.4. The molecule has 0 spiro atoms. The number of rotatable bonds is 4. The first-order valence-electron chi connectivity index (χ1n) is 7.60. The molecule has 1 aliphatic heterocycles. The zero-order valence-electron chi connectivity index (χ0n) is 13.9. The average molecular weight is 322 g/mol. The van der Waals surface area contributed by atoms with E-state index in [2.05, 4.69) is 5.32 Å². The Kier molecular flexibility index (Phi) is 5.04. The molecule has 0 aliphatic carbocycles. The number of alkyl halides is 1. The van der Waals surface area contributed by atoms with E-state index in [1.54, 1.807) is 42.3 Å². The van der Waals surface area contributed by atoms with Crippen molar-refractivity contribution in [3.05, 3.63) is 35.9 Å². The minimum atomic E-state index is -1.15. The van der Waals surface area contributed by atoms with Gasteiger partial charge in [0.05, 0.1) is 11.7 Å². The van der Waals surface area contributed by atoms with Crippen molar-refractivity contribution in [2.75, 3.05) is 13.7 Å². The summed E-state index contributed by atoms with van der Waals surface area (Å²) in [6.07, 6.45) is -1.39. The molecule has 1 fully saturated rings. The molecule has 126 valence electrons. The van der Waals surface area contributed by atoms with Crippen LogP contribution in [0, 0.1) is 5.41 Å². The van der Waals surface area contributed by atoms with Crippen LogP contribution in [-0.4, -0.2) is 48.8 Å². The number of nitrogens with one attached hydrogen (secondary N) is 1. The van der Waals surface area contributed by atoms with Gasteiger partial charge in [-0.1, -0.05) is 39.0 Å². The van der Waals surface area contributed by atoms with E-state index < -0.39 is 24.8 Å². The molecular formula is C17H23FN2O3. The van der Waals surface area contributed by atoms with Gasteiger partial charge in [-0.15, -0.1) is 0 Å². The molecule has 23 heavy (non-hydrogen) atoms. The van der Waals surface area contributed by atoms with Crippen LogP contribution in [-0.2, 0) is 9.53 Å². The lowest BCUT2D eigenvalue weighted by Gasteiger charge is -2.32. The van der Waals surface area contributed by atoms with E-state index >= 15 is 0 Å². The Bertz CT molecular complexity index is 571. The van der Waals surface area contributed by atoms with Crippen molar-refractivity contribution >= 4 is 11.9 Å². The third-order valence-electron chi connectivity index (χ3n) is 3.95. The van der Waals surface area contributed by atoms with Gasteiger partial charge in [-0.05, 0) is 17.5 Å². The second-order valence-corrected chi connectivity index (χ2v) is 6.83. The second-order valence-electron chi connectivity index (χ2n) is 6.83. The maximum atomic E-state index is 13.4. The van der Waals surface area contributed by atoms with Crippen molar-refractivity contribution in [1.29, 1.82) is 0 Å². The highest BCUT2D eigenvalue weighted by atomic mass is 19.1. The van der Waals surface area contributed by atoms with Crippen molar-refractivity contribution in [1.82, 2.24) is 10.2 Å². The van der Waals surface area contributed by atoms with Crippen molar-refractivity contribution < 1.29 is 18.7 Å². The number of esters is 1. The van der Waals surface area contributed by atoms with Crippen LogP contribution in [0.25, 0.3) is 0 Å². The molecule has 0 saturated carbocycles. The third-order valence-corrected chi connectivity index (χ3v) is 3.95. The summed E-state index contributed by atoms with van der Waals surface area (Å²) in [5.74, 6) is -0.904. The molecule has 1 amide bonds. The largest absolute Gasteiger partial charge is 0.454 e. The fourth-order valence-electron chi connectivity index (χ4n) is 2.77. The second kappa shape index (κ2) is 6.66. The van der Waals surface area contributed by atoms with Gasteiger partial charge in [0.25, 0.3) is 0 Å². The molecule has 5 nitrogen and oxygen atoms in total. The Morgan fingerprint density at radius 1 is 1.35 bits per heavy atom. The maximum Gasteiger partial charge on any atom is 0.338 e. The molecule has 1 aromatic rings.